The smallest absolute Gasteiger partial charge is 0.226 e. The summed E-state index contributed by atoms with van der Waals surface area (Å²) in [6.45, 7) is 2.45. The molecule has 2 aromatic rings. The average Bonchev–Trinajstić information content (AvgIpc) is 2.72. The van der Waals surface area contributed by atoms with E-state index in [0.717, 1.165) is 23.1 Å². The van der Waals surface area contributed by atoms with Crippen LogP contribution in [-0.4, -0.2) is 39.4 Å². The second-order valence-electron chi connectivity index (χ2n) is 7.38. The van der Waals surface area contributed by atoms with Crippen molar-refractivity contribution in [3.63, 3.8) is 0 Å². The number of carbonyl (C=O) groups excluding carboxylic acids is 1. The summed E-state index contributed by atoms with van der Waals surface area (Å²) in [6.07, 6.45) is 2.89. The maximum Gasteiger partial charge on any atom is 0.226 e. The first kappa shape index (κ1) is 20.5. The molecule has 1 aliphatic rings. The van der Waals surface area contributed by atoms with Gasteiger partial charge in [-0.05, 0) is 54.5 Å². The van der Waals surface area contributed by atoms with Crippen LogP contribution in [0.25, 0.3) is 11.1 Å². The van der Waals surface area contributed by atoms with Crippen molar-refractivity contribution >= 4 is 5.91 Å². The van der Waals surface area contributed by atoms with Gasteiger partial charge >= 0.3 is 0 Å². The summed E-state index contributed by atoms with van der Waals surface area (Å²) in [5.41, 5.74) is 2.65. The molecule has 150 valence electrons. The largest absolute Gasteiger partial charge is 0.385 e. The highest BCUT2D eigenvalue weighted by molar-refractivity contribution is 5.83. The molecule has 0 saturated carbocycles. The number of methoxy groups -OCH3 is 1. The maximum atomic E-state index is 13.2. The van der Waals surface area contributed by atoms with Crippen LogP contribution in [0.3, 0.4) is 0 Å². The van der Waals surface area contributed by atoms with E-state index >= 15 is 0 Å². The molecule has 4 nitrogen and oxygen atoms in total. The normalized spacial score (nSPS) is 15.9. The van der Waals surface area contributed by atoms with E-state index in [4.69, 9.17) is 9.47 Å². The molecule has 1 saturated heterocycles. The summed E-state index contributed by atoms with van der Waals surface area (Å²) in [6, 6.07) is 14.7. The minimum atomic E-state index is -0.452. The fraction of sp³-hybridized carbons (Fsp3) is 0.435. The zero-order valence-electron chi connectivity index (χ0n) is 16.4. The van der Waals surface area contributed by atoms with Gasteiger partial charge in [0, 0.05) is 33.5 Å². The second-order valence-corrected chi connectivity index (χ2v) is 7.38. The third-order valence-corrected chi connectivity index (χ3v) is 5.39. The standard InChI is InChI=1S/C23H28FNO3/c1-27-13-3-12-25-22(26)23(10-14-28-15-11-23)17-18-4-2-5-20(16-18)19-6-8-21(24)9-7-19/h2,4-9,16H,3,10-15,17H2,1H3,(H,25,26). The van der Waals surface area contributed by atoms with Gasteiger partial charge in [0.15, 0.2) is 0 Å². The van der Waals surface area contributed by atoms with E-state index in [0.29, 0.717) is 45.6 Å². The fourth-order valence-corrected chi connectivity index (χ4v) is 3.75. The van der Waals surface area contributed by atoms with Gasteiger partial charge < -0.3 is 14.8 Å². The number of benzene rings is 2. The molecule has 1 amide bonds. The van der Waals surface area contributed by atoms with Crippen molar-refractivity contribution in [1.29, 1.82) is 0 Å². The molecule has 0 bridgehead atoms. The summed E-state index contributed by atoms with van der Waals surface area (Å²) in [7, 11) is 1.66. The zero-order chi connectivity index (χ0) is 19.8. The minimum absolute atomic E-state index is 0.0964. The van der Waals surface area contributed by atoms with E-state index in [9.17, 15) is 9.18 Å². The minimum Gasteiger partial charge on any atom is -0.385 e. The van der Waals surface area contributed by atoms with E-state index in [1.807, 2.05) is 12.1 Å². The van der Waals surface area contributed by atoms with E-state index in [2.05, 4.69) is 17.4 Å². The molecule has 5 heteroatoms. The molecule has 0 unspecified atom stereocenters. The first-order valence-electron chi connectivity index (χ1n) is 9.83. The molecule has 0 spiro atoms. The van der Waals surface area contributed by atoms with E-state index in [1.165, 1.54) is 12.1 Å². The summed E-state index contributed by atoms with van der Waals surface area (Å²) in [5.74, 6) is -0.148. The number of amides is 1. The summed E-state index contributed by atoms with van der Waals surface area (Å²) in [5, 5.41) is 3.08. The highest BCUT2D eigenvalue weighted by atomic mass is 19.1. The van der Waals surface area contributed by atoms with E-state index in [1.54, 1.807) is 19.2 Å². The Morgan fingerprint density at radius 1 is 1.14 bits per heavy atom. The van der Waals surface area contributed by atoms with Crippen molar-refractivity contribution in [1.82, 2.24) is 5.32 Å². The molecule has 0 radical (unpaired) electrons. The Hall–Kier alpha value is -2.24. The molecule has 1 heterocycles. The first-order chi connectivity index (χ1) is 13.6. The van der Waals surface area contributed by atoms with E-state index in [-0.39, 0.29) is 11.7 Å². The number of halogens is 1. The predicted octanol–water partition coefficient (Wildman–Crippen LogP) is 3.98. The number of rotatable bonds is 8. The summed E-state index contributed by atoms with van der Waals surface area (Å²) in [4.78, 5) is 13.0. The Labute approximate surface area is 166 Å². The van der Waals surface area contributed by atoms with Gasteiger partial charge in [-0.2, -0.15) is 0 Å². The van der Waals surface area contributed by atoms with Crippen molar-refractivity contribution in [2.75, 3.05) is 33.5 Å². The van der Waals surface area contributed by atoms with Gasteiger partial charge in [-0.1, -0.05) is 36.4 Å². The second kappa shape index (κ2) is 9.80. The number of carbonyl (C=O) groups is 1. The number of nitrogens with one attached hydrogen (secondary N) is 1. The molecule has 28 heavy (non-hydrogen) atoms. The van der Waals surface area contributed by atoms with Crippen molar-refractivity contribution in [3.8, 4) is 11.1 Å². The Kier molecular flexibility index (Phi) is 7.18. The van der Waals surface area contributed by atoms with Gasteiger partial charge in [0.25, 0.3) is 0 Å². The number of hydrogen-bond acceptors (Lipinski definition) is 3. The quantitative estimate of drug-likeness (QED) is 0.699. The molecule has 2 aromatic carbocycles. The Morgan fingerprint density at radius 2 is 1.89 bits per heavy atom. The lowest BCUT2D eigenvalue weighted by molar-refractivity contribution is -0.136. The number of hydrogen-bond donors (Lipinski definition) is 1. The number of ether oxygens (including phenoxy) is 2. The van der Waals surface area contributed by atoms with Gasteiger partial charge in [-0.15, -0.1) is 0 Å². The van der Waals surface area contributed by atoms with Crippen molar-refractivity contribution in [2.45, 2.75) is 25.7 Å². The highest BCUT2D eigenvalue weighted by Crippen LogP contribution is 2.35. The van der Waals surface area contributed by atoms with Gasteiger partial charge in [0.2, 0.25) is 5.91 Å². The molecule has 1 fully saturated rings. The van der Waals surface area contributed by atoms with Crippen LogP contribution in [0.15, 0.2) is 48.5 Å². The third kappa shape index (κ3) is 5.18. The molecular weight excluding hydrogens is 357 g/mol. The zero-order valence-corrected chi connectivity index (χ0v) is 16.4. The molecule has 1 N–H and O–H groups in total. The fourth-order valence-electron chi connectivity index (χ4n) is 3.75. The van der Waals surface area contributed by atoms with Crippen LogP contribution in [0.1, 0.15) is 24.8 Å². The van der Waals surface area contributed by atoms with Crippen LogP contribution in [0.5, 0.6) is 0 Å². The van der Waals surface area contributed by atoms with Crippen LogP contribution in [0, 0.1) is 11.2 Å². The lowest BCUT2D eigenvalue weighted by Gasteiger charge is -2.36. The Bertz CT molecular complexity index is 770. The molecule has 0 atom stereocenters. The summed E-state index contributed by atoms with van der Waals surface area (Å²) >= 11 is 0. The van der Waals surface area contributed by atoms with Crippen LogP contribution in [0.4, 0.5) is 4.39 Å². The lowest BCUT2D eigenvalue weighted by Crippen LogP contribution is -2.46. The van der Waals surface area contributed by atoms with Crippen LogP contribution in [-0.2, 0) is 20.7 Å². The molecule has 3 rings (SSSR count). The Balaban J connectivity index is 1.76. The summed E-state index contributed by atoms with van der Waals surface area (Å²) < 4.78 is 23.8. The molecule has 0 aromatic heterocycles. The first-order valence-corrected chi connectivity index (χ1v) is 9.83. The van der Waals surface area contributed by atoms with Gasteiger partial charge in [-0.3, -0.25) is 4.79 Å². The topological polar surface area (TPSA) is 47.6 Å². The molecule has 0 aliphatic carbocycles. The molecular formula is C23H28FNO3. The SMILES string of the molecule is COCCCNC(=O)C1(Cc2cccc(-c3ccc(F)cc3)c2)CCOCC1. The highest BCUT2D eigenvalue weighted by Gasteiger charge is 2.39. The lowest BCUT2D eigenvalue weighted by atomic mass is 9.74. The van der Waals surface area contributed by atoms with Crippen LogP contribution in [0.2, 0.25) is 0 Å². The Morgan fingerprint density at radius 3 is 2.61 bits per heavy atom. The maximum absolute atomic E-state index is 13.2. The van der Waals surface area contributed by atoms with Crippen molar-refractivity contribution in [3.05, 3.63) is 59.9 Å². The van der Waals surface area contributed by atoms with E-state index < -0.39 is 5.41 Å². The monoisotopic (exact) mass is 385 g/mol. The van der Waals surface area contributed by atoms with Crippen LogP contribution >= 0.6 is 0 Å². The van der Waals surface area contributed by atoms with Crippen LogP contribution < -0.4 is 5.32 Å². The average molecular weight is 385 g/mol. The molecule has 1 aliphatic heterocycles. The van der Waals surface area contributed by atoms with Gasteiger partial charge in [-0.25, -0.2) is 4.39 Å². The van der Waals surface area contributed by atoms with Crippen molar-refractivity contribution < 1.29 is 18.7 Å². The third-order valence-electron chi connectivity index (χ3n) is 5.39. The predicted molar refractivity (Wildman–Crippen MR) is 108 cm³/mol. The van der Waals surface area contributed by atoms with Gasteiger partial charge in [0.1, 0.15) is 5.82 Å². The van der Waals surface area contributed by atoms with Gasteiger partial charge in [0.05, 0.1) is 5.41 Å². The van der Waals surface area contributed by atoms with Crippen molar-refractivity contribution in [2.24, 2.45) is 5.41 Å².